The first-order valence-corrected chi connectivity index (χ1v) is 7.67. The van der Waals surface area contributed by atoms with E-state index in [0.29, 0.717) is 33.1 Å². The number of carbonyl (C=O) groups excluding carboxylic acids is 1. The summed E-state index contributed by atoms with van der Waals surface area (Å²) >= 11 is 6.06. The Morgan fingerprint density at radius 3 is 2.42 bits per heavy atom. The van der Waals surface area contributed by atoms with Gasteiger partial charge in [0.15, 0.2) is 6.29 Å². The van der Waals surface area contributed by atoms with Crippen LogP contribution in [0.1, 0.15) is 10.4 Å². The van der Waals surface area contributed by atoms with Crippen molar-refractivity contribution in [2.75, 3.05) is 5.73 Å². The molecular formula is C19H14ClN3O. The molecule has 5 heteroatoms. The van der Waals surface area contributed by atoms with Crippen LogP contribution in [-0.2, 0) is 0 Å². The highest BCUT2D eigenvalue weighted by atomic mass is 35.5. The number of nitrogen functional groups attached to an aromatic ring is 1. The van der Waals surface area contributed by atoms with Crippen LogP contribution < -0.4 is 5.73 Å². The monoisotopic (exact) mass is 335 g/mol. The molecule has 24 heavy (non-hydrogen) atoms. The molecule has 0 unspecified atom stereocenters. The fraction of sp³-hybridized carbons (Fsp3) is 0. The van der Waals surface area contributed by atoms with E-state index >= 15 is 0 Å². The average molecular weight is 336 g/mol. The number of nitrogens with zero attached hydrogens (tertiary/aromatic N) is 2. The summed E-state index contributed by atoms with van der Waals surface area (Å²) in [6, 6.07) is 19.9. The van der Waals surface area contributed by atoms with Crippen LogP contribution in [0.25, 0.3) is 11.1 Å². The smallest absolute Gasteiger partial charge is 0.150 e. The summed E-state index contributed by atoms with van der Waals surface area (Å²) in [7, 11) is 0. The number of halogens is 1. The summed E-state index contributed by atoms with van der Waals surface area (Å²) in [5, 5.41) is 8.93. The van der Waals surface area contributed by atoms with Gasteiger partial charge in [-0.3, -0.25) is 4.79 Å². The number of para-hydroxylation sites is 1. The van der Waals surface area contributed by atoms with Crippen LogP contribution in [-0.4, -0.2) is 6.29 Å². The number of carbonyl (C=O) groups is 1. The van der Waals surface area contributed by atoms with E-state index in [0.717, 1.165) is 12.0 Å². The number of benzene rings is 3. The molecule has 3 aromatic rings. The maximum atomic E-state index is 11.3. The van der Waals surface area contributed by atoms with Crippen molar-refractivity contribution < 1.29 is 4.79 Å². The van der Waals surface area contributed by atoms with Crippen LogP contribution in [0.4, 0.5) is 17.1 Å². The number of rotatable bonds is 4. The number of aldehydes is 1. The maximum Gasteiger partial charge on any atom is 0.150 e. The second-order valence-electron chi connectivity index (χ2n) is 5.12. The van der Waals surface area contributed by atoms with Gasteiger partial charge in [0.05, 0.1) is 11.4 Å². The summed E-state index contributed by atoms with van der Waals surface area (Å²) in [5.41, 5.74) is 9.85. The Bertz CT molecular complexity index is 908. The van der Waals surface area contributed by atoms with Gasteiger partial charge in [-0.15, -0.1) is 5.11 Å². The first-order valence-electron chi connectivity index (χ1n) is 7.29. The summed E-state index contributed by atoms with van der Waals surface area (Å²) in [5.74, 6) is 0. The fourth-order valence-electron chi connectivity index (χ4n) is 2.35. The Kier molecular flexibility index (Phi) is 4.68. The molecule has 2 N–H and O–H groups in total. The Balaban J connectivity index is 2.05. The van der Waals surface area contributed by atoms with Crippen LogP contribution >= 0.6 is 11.6 Å². The molecule has 0 radical (unpaired) electrons. The van der Waals surface area contributed by atoms with E-state index in [9.17, 15) is 4.79 Å². The SMILES string of the molecule is Nc1c(N=Nc2ccccc2)cccc1-c1cc(Cl)ccc1C=O. The van der Waals surface area contributed by atoms with E-state index in [1.807, 2.05) is 42.5 Å². The van der Waals surface area contributed by atoms with Gasteiger partial charge in [0.25, 0.3) is 0 Å². The largest absolute Gasteiger partial charge is 0.396 e. The van der Waals surface area contributed by atoms with Gasteiger partial charge in [-0.25, -0.2) is 0 Å². The lowest BCUT2D eigenvalue weighted by atomic mass is 9.98. The molecule has 0 bridgehead atoms. The molecule has 0 fully saturated rings. The molecule has 0 saturated carbocycles. The third-order valence-electron chi connectivity index (χ3n) is 3.54. The van der Waals surface area contributed by atoms with Crippen molar-refractivity contribution in [1.82, 2.24) is 0 Å². The van der Waals surface area contributed by atoms with E-state index in [1.165, 1.54) is 0 Å². The zero-order valence-corrected chi connectivity index (χ0v) is 13.4. The molecule has 4 nitrogen and oxygen atoms in total. The molecule has 3 rings (SSSR count). The Labute approximate surface area is 144 Å². The summed E-state index contributed by atoms with van der Waals surface area (Å²) in [4.78, 5) is 11.3. The van der Waals surface area contributed by atoms with E-state index in [1.54, 1.807) is 24.3 Å². The molecule has 0 heterocycles. The minimum atomic E-state index is 0.447. The standard InChI is InChI=1S/C19H14ClN3O/c20-14-10-9-13(12-24)17(11-14)16-7-4-8-18(19(16)21)23-22-15-5-2-1-3-6-15/h1-12H,21H2. The van der Waals surface area contributed by atoms with Gasteiger partial charge in [-0.2, -0.15) is 5.11 Å². The normalized spacial score (nSPS) is 10.9. The van der Waals surface area contributed by atoms with E-state index < -0.39 is 0 Å². The first kappa shape index (κ1) is 15.9. The van der Waals surface area contributed by atoms with Crippen molar-refractivity contribution in [3.8, 4) is 11.1 Å². The number of anilines is 1. The van der Waals surface area contributed by atoms with Crippen molar-refractivity contribution in [2.24, 2.45) is 10.2 Å². The van der Waals surface area contributed by atoms with Gasteiger partial charge in [0.1, 0.15) is 5.69 Å². The molecule has 0 aliphatic heterocycles. The average Bonchev–Trinajstić information content (AvgIpc) is 2.62. The lowest BCUT2D eigenvalue weighted by Crippen LogP contribution is -1.94. The van der Waals surface area contributed by atoms with E-state index in [4.69, 9.17) is 17.3 Å². The predicted octanol–water partition coefficient (Wildman–Crippen LogP) is 5.82. The summed E-state index contributed by atoms with van der Waals surface area (Å²) in [6.07, 6.45) is 0.781. The zero-order valence-electron chi connectivity index (χ0n) is 12.7. The van der Waals surface area contributed by atoms with E-state index in [-0.39, 0.29) is 0 Å². The number of hydrogen-bond donors (Lipinski definition) is 1. The number of nitrogens with two attached hydrogens (primary N) is 1. The minimum Gasteiger partial charge on any atom is -0.396 e. The van der Waals surface area contributed by atoms with Gasteiger partial charge < -0.3 is 5.73 Å². The molecule has 0 atom stereocenters. The maximum absolute atomic E-state index is 11.3. The third kappa shape index (κ3) is 3.34. The van der Waals surface area contributed by atoms with Gasteiger partial charge in [0, 0.05) is 16.1 Å². The molecule has 0 aliphatic carbocycles. The van der Waals surface area contributed by atoms with Gasteiger partial charge in [-0.05, 0) is 42.0 Å². The van der Waals surface area contributed by atoms with Gasteiger partial charge in [0.2, 0.25) is 0 Å². The number of hydrogen-bond acceptors (Lipinski definition) is 4. The molecule has 0 aliphatic rings. The van der Waals surface area contributed by atoms with Gasteiger partial charge >= 0.3 is 0 Å². The molecule has 0 aromatic heterocycles. The van der Waals surface area contributed by atoms with Crippen molar-refractivity contribution in [3.63, 3.8) is 0 Å². The Hall–Kier alpha value is -2.98. The summed E-state index contributed by atoms with van der Waals surface area (Å²) < 4.78 is 0. The van der Waals surface area contributed by atoms with Crippen molar-refractivity contribution in [1.29, 1.82) is 0 Å². The predicted molar refractivity (Wildman–Crippen MR) is 97.3 cm³/mol. The van der Waals surface area contributed by atoms with Crippen molar-refractivity contribution >= 4 is 34.9 Å². The lowest BCUT2D eigenvalue weighted by molar-refractivity contribution is 0.112. The van der Waals surface area contributed by atoms with Crippen LogP contribution in [0.2, 0.25) is 5.02 Å². The van der Waals surface area contributed by atoms with E-state index in [2.05, 4.69) is 10.2 Å². The molecule has 0 saturated heterocycles. The highest BCUT2D eigenvalue weighted by Crippen LogP contribution is 2.36. The van der Waals surface area contributed by atoms with Crippen LogP contribution in [0.3, 0.4) is 0 Å². The van der Waals surface area contributed by atoms with Crippen molar-refractivity contribution in [2.45, 2.75) is 0 Å². The van der Waals surface area contributed by atoms with Crippen LogP contribution in [0, 0.1) is 0 Å². The highest BCUT2D eigenvalue weighted by molar-refractivity contribution is 6.31. The van der Waals surface area contributed by atoms with Crippen LogP contribution in [0.5, 0.6) is 0 Å². The Morgan fingerprint density at radius 1 is 0.875 bits per heavy atom. The fourth-order valence-corrected chi connectivity index (χ4v) is 2.52. The number of azo groups is 1. The molecular weight excluding hydrogens is 322 g/mol. The molecule has 118 valence electrons. The zero-order chi connectivity index (χ0) is 16.9. The molecule has 0 amide bonds. The first-order chi connectivity index (χ1) is 11.7. The second-order valence-corrected chi connectivity index (χ2v) is 5.56. The Morgan fingerprint density at radius 2 is 1.67 bits per heavy atom. The summed E-state index contributed by atoms with van der Waals surface area (Å²) in [6.45, 7) is 0. The quantitative estimate of drug-likeness (QED) is 0.371. The van der Waals surface area contributed by atoms with Crippen molar-refractivity contribution in [3.05, 3.63) is 77.3 Å². The van der Waals surface area contributed by atoms with Crippen LogP contribution in [0.15, 0.2) is 77.0 Å². The highest BCUT2D eigenvalue weighted by Gasteiger charge is 2.11. The van der Waals surface area contributed by atoms with Gasteiger partial charge in [-0.1, -0.05) is 41.9 Å². The minimum absolute atomic E-state index is 0.447. The molecule has 3 aromatic carbocycles. The lowest BCUT2D eigenvalue weighted by Gasteiger charge is -2.10. The molecule has 0 spiro atoms. The third-order valence-corrected chi connectivity index (χ3v) is 3.78. The second kappa shape index (κ2) is 7.06. The topological polar surface area (TPSA) is 67.8 Å².